The number of hydrazone groups is 1. The zero-order chi connectivity index (χ0) is 14.4. The second-order valence-corrected chi connectivity index (χ2v) is 4.89. The molecule has 2 N–H and O–H groups in total. The summed E-state index contributed by atoms with van der Waals surface area (Å²) >= 11 is 0. The van der Waals surface area contributed by atoms with Gasteiger partial charge in [-0.1, -0.05) is 6.07 Å². The summed E-state index contributed by atoms with van der Waals surface area (Å²) in [4.78, 5) is 12.5. The standard InChI is InChI=1S/C15H12N4O2/c20-8-7-19-15(21)11-2-1-9-5-6-16-17-14(9)10-3-4-12(18-19)13(10)11/h1-6,17,20H,7-8H2. The molecule has 2 aliphatic carbocycles. The van der Waals surface area contributed by atoms with Crippen molar-refractivity contribution in [2.75, 3.05) is 12.0 Å². The third-order valence-corrected chi connectivity index (χ3v) is 3.70. The van der Waals surface area contributed by atoms with Crippen molar-refractivity contribution >= 4 is 28.9 Å². The van der Waals surface area contributed by atoms with Crippen LogP contribution >= 0.6 is 0 Å². The van der Waals surface area contributed by atoms with Crippen LogP contribution in [0.2, 0.25) is 0 Å². The van der Waals surface area contributed by atoms with Crippen molar-refractivity contribution in [2.45, 2.75) is 6.54 Å². The lowest BCUT2D eigenvalue weighted by atomic mass is 10.1. The van der Waals surface area contributed by atoms with E-state index in [1.165, 1.54) is 4.68 Å². The summed E-state index contributed by atoms with van der Waals surface area (Å²) in [6, 6.07) is 7.52. The summed E-state index contributed by atoms with van der Waals surface area (Å²) in [6.45, 7) is 0.0732. The Morgan fingerprint density at radius 3 is 3.00 bits per heavy atom. The summed E-state index contributed by atoms with van der Waals surface area (Å²) in [5.74, 6) is 0. The fraction of sp³-hybridized carbons (Fsp3) is 0.133. The lowest BCUT2D eigenvalue weighted by molar-refractivity contribution is 0.267. The minimum absolute atomic E-state index is 0.118. The van der Waals surface area contributed by atoms with Crippen LogP contribution in [0.1, 0.15) is 0 Å². The minimum Gasteiger partial charge on any atom is -0.394 e. The highest BCUT2D eigenvalue weighted by atomic mass is 16.3. The van der Waals surface area contributed by atoms with Crippen LogP contribution in [0.3, 0.4) is 0 Å². The summed E-state index contributed by atoms with van der Waals surface area (Å²) < 4.78 is 1.31. The van der Waals surface area contributed by atoms with E-state index in [1.54, 1.807) is 6.21 Å². The monoisotopic (exact) mass is 280 g/mol. The molecule has 0 saturated heterocycles. The maximum Gasteiger partial charge on any atom is 0.274 e. The summed E-state index contributed by atoms with van der Waals surface area (Å²) in [7, 11) is 0. The molecule has 0 aromatic carbocycles. The molecule has 1 aromatic rings. The summed E-state index contributed by atoms with van der Waals surface area (Å²) in [5, 5.41) is 19.0. The molecule has 6 nitrogen and oxygen atoms in total. The number of anilines is 1. The minimum atomic E-state index is -0.194. The third-order valence-electron chi connectivity index (χ3n) is 3.70. The van der Waals surface area contributed by atoms with Crippen LogP contribution in [0.4, 0.5) is 5.69 Å². The van der Waals surface area contributed by atoms with Crippen LogP contribution < -0.4 is 16.2 Å². The number of nitrogens with zero attached hydrogens (tertiary/aromatic N) is 3. The van der Waals surface area contributed by atoms with Gasteiger partial charge >= 0.3 is 0 Å². The van der Waals surface area contributed by atoms with E-state index in [2.05, 4.69) is 15.6 Å². The Morgan fingerprint density at radius 2 is 2.14 bits per heavy atom. The molecule has 21 heavy (non-hydrogen) atoms. The van der Waals surface area contributed by atoms with E-state index in [1.807, 2.05) is 30.3 Å². The van der Waals surface area contributed by atoms with E-state index < -0.39 is 0 Å². The first-order chi connectivity index (χ1) is 10.3. The van der Waals surface area contributed by atoms with E-state index >= 15 is 0 Å². The van der Waals surface area contributed by atoms with Crippen LogP contribution in [0.15, 0.2) is 34.2 Å². The van der Waals surface area contributed by atoms with Gasteiger partial charge in [-0.3, -0.25) is 10.2 Å². The second kappa shape index (κ2) is 4.39. The smallest absolute Gasteiger partial charge is 0.274 e. The number of hydrogen-bond donors (Lipinski definition) is 2. The molecule has 0 radical (unpaired) electrons. The summed E-state index contributed by atoms with van der Waals surface area (Å²) in [6.07, 6.45) is 3.58. The normalized spacial score (nSPS) is 13.2. The van der Waals surface area contributed by atoms with Gasteiger partial charge in [0, 0.05) is 22.6 Å². The Kier molecular flexibility index (Phi) is 2.52. The number of aromatic nitrogens is 2. The van der Waals surface area contributed by atoms with Crippen LogP contribution in [-0.2, 0) is 6.54 Å². The fourth-order valence-corrected chi connectivity index (χ4v) is 2.76. The molecule has 2 heterocycles. The van der Waals surface area contributed by atoms with Crippen LogP contribution in [-0.4, -0.2) is 27.7 Å². The van der Waals surface area contributed by atoms with Crippen molar-refractivity contribution in [1.82, 2.24) is 9.78 Å². The van der Waals surface area contributed by atoms with Crippen LogP contribution in [0.5, 0.6) is 0 Å². The first kappa shape index (κ1) is 12.0. The zero-order valence-corrected chi connectivity index (χ0v) is 11.1. The molecular weight excluding hydrogens is 268 g/mol. The highest BCUT2D eigenvalue weighted by Gasteiger charge is 2.19. The SMILES string of the molecule is O=c1c2ccc3c(c4ccc(nn1CCO)c2-4)NN=CC=3. The number of rotatable bonds is 2. The van der Waals surface area contributed by atoms with Gasteiger partial charge in [-0.2, -0.15) is 10.2 Å². The van der Waals surface area contributed by atoms with Gasteiger partial charge in [0.25, 0.3) is 5.56 Å². The Bertz CT molecular complexity index is 958. The fourth-order valence-electron chi connectivity index (χ4n) is 2.76. The quantitative estimate of drug-likeness (QED) is 0.712. The molecule has 0 unspecified atom stereocenters. The van der Waals surface area contributed by atoms with E-state index in [0.29, 0.717) is 5.39 Å². The van der Waals surface area contributed by atoms with E-state index in [9.17, 15) is 4.79 Å². The van der Waals surface area contributed by atoms with Crippen molar-refractivity contribution < 1.29 is 5.11 Å². The zero-order valence-electron chi connectivity index (χ0n) is 11.1. The van der Waals surface area contributed by atoms with Gasteiger partial charge in [0.15, 0.2) is 0 Å². The van der Waals surface area contributed by atoms with Gasteiger partial charge in [-0.15, -0.1) is 0 Å². The van der Waals surface area contributed by atoms with Gasteiger partial charge < -0.3 is 5.11 Å². The van der Waals surface area contributed by atoms with Gasteiger partial charge in [0.2, 0.25) is 0 Å². The lowest BCUT2D eigenvalue weighted by Gasteiger charge is -2.09. The van der Waals surface area contributed by atoms with Crippen molar-refractivity contribution in [3.8, 4) is 11.1 Å². The molecular formula is C15H12N4O2. The highest BCUT2D eigenvalue weighted by Crippen LogP contribution is 2.34. The van der Waals surface area contributed by atoms with E-state index in [-0.39, 0.29) is 18.7 Å². The van der Waals surface area contributed by atoms with Gasteiger partial charge in [0.05, 0.1) is 29.7 Å². The topological polar surface area (TPSA) is 79.5 Å². The predicted octanol–water partition coefficient (Wildman–Crippen LogP) is 0.404. The maximum atomic E-state index is 12.5. The Balaban J connectivity index is 2.16. The second-order valence-electron chi connectivity index (χ2n) is 4.89. The van der Waals surface area contributed by atoms with Crippen molar-refractivity contribution in [3.63, 3.8) is 0 Å². The number of fused-ring (bicyclic) bond motifs is 2. The molecule has 6 heteroatoms. The molecule has 3 aliphatic rings. The molecule has 0 bridgehead atoms. The number of nitrogens with one attached hydrogen (secondary N) is 1. The van der Waals surface area contributed by atoms with Gasteiger partial charge in [0.1, 0.15) is 0 Å². The Labute approximate surface area is 119 Å². The molecule has 0 saturated carbocycles. The van der Waals surface area contributed by atoms with Crippen molar-refractivity contribution in [1.29, 1.82) is 0 Å². The van der Waals surface area contributed by atoms with Gasteiger partial charge in [-0.05, 0) is 24.3 Å². The van der Waals surface area contributed by atoms with E-state index in [0.717, 1.165) is 27.5 Å². The molecule has 0 amide bonds. The number of hydrogen-bond acceptors (Lipinski definition) is 5. The molecule has 4 rings (SSSR count). The highest BCUT2D eigenvalue weighted by molar-refractivity contribution is 6.03. The number of aliphatic hydroxyl groups excluding tert-OH is 1. The van der Waals surface area contributed by atoms with E-state index in [4.69, 9.17) is 5.11 Å². The molecule has 0 fully saturated rings. The first-order valence-corrected chi connectivity index (χ1v) is 6.66. The van der Waals surface area contributed by atoms with Crippen LogP contribution in [0, 0.1) is 0 Å². The average Bonchev–Trinajstić information content (AvgIpc) is 2.83. The first-order valence-electron chi connectivity index (χ1n) is 6.66. The Hall–Kier alpha value is -2.73. The summed E-state index contributed by atoms with van der Waals surface area (Å²) in [5.41, 5.74) is 6.17. The lowest BCUT2D eigenvalue weighted by Crippen LogP contribution is -2.24. The predicted molar refractivity (Wildman–Crippen MR) is 81.5 cm³/mol. The van der Waals surface area contributed by atoms with Gasteiger partial charge in [-0.25, -0.2) is 4.68 Å². The molecule has 104 valence electrons. The Morgan fingerprint density at radius 1 is 1.24 bits per heavy atom. The molecule has 0 spiro atoms. The third kappa shape index (κ3) is 1.66. The molecule has 0 atom stereocenters. The number of aliphatic hydroxyl groups is 1. The van der Waals surface area contributed by atoms with Crippen LogP contribution in [0.25, 0.3) is 28.1 Å². The largest absolute Gasteiger partial charge is 0.394 e. The van der Waals surface area contributed by atoms with Crippen molar-refractivity contribution in [3.05, 3.63) is 39.8 Å². The van der Waals surface area contributed by atoms with Crippen molar-refractivity contribution in [2.24, 2.45) is 5.10 Å². The maximum absolute atomic E-state index is 12.5. The average molecular weight is 280 g/mol. The molecule has 1 aromatic heterocycles. The molecule has 1 aliphatic heterocycles.